The van der Waals surface area contributed by atoms with Gasteiger partial charge in [0.25, 0.3) is 0 Å². The molecule has 12 heavy (non-hydrogen) atoms. The molecule has 1 heterocycles. The van der Waals surface area contributed by atoms with Gasteiger partial charge in [0.2, 0.25) is 5.76 Å². The number of nitro groups is 1. The summed E-state index contributed by atoms with van der Waals surface area (Å²) in [5, 5.41) is 13.9. The molecule has 66 valence electrons. The zero-order valence-corrected chi connectivity index (χ0v) is 6.61. The standard InChI is InChI=1S/C6H9N3O3/c1-4-6(9(10)11)5(2-3-7)12-8-4/h2-3,7H2,1H3. The minimum absolute atomic E-state index is 0.0551. The maximum atomic E-state index is 10.4. The van der Waals surface area contributed by atoms with Gasteiger partial charge in [-0.25, -0.2) is 0 Å². The second-order valence-electron chi connectivity index (χ2n) is 2.34. The van der Waals surface area contributed by atoms with Crippen LogP contribution in [0.25, 0.3) is 0 Å². The van der Waals surface area contributed by atoms with Gasteiger partial charge < -0.3 is 10.3 Å². The highest BCUT2D eigenvalue weighted by Gasteiger charge is 2.22. The van der Waals surface area contributed by atoms with E-state index >= 15 is 0 Å². The van der Waals surface area contributed by atoms with E-state index in [0.717, 1.165) is 0 Å². The Morgan fingerprint density at radius 3 is 2.92 bits per heavy atom. The van der Waals surface area contributed by atoms with Crippen LogP contribution < -0.4 is 5.73 Å². The van der Waals surface area contributed by atoms with Crippen molar-refractivity contribution in [1.29, 1.82) is 0 Å². The molecule has 6 heteroatoms. The topological polar surface area (TPSA) is 95.2 Å². The highest BCUT2D eigenvalue weighted by atomic mass is 16.6. The quantitative estimate of drug-likeness (QED) is 0.524. The summed E-state index contributed by atoms with van der Waals surface area (Å²) < 4.78 is 4.73. The number of aromatic nitrogens is 1. The van der Waals surface area contributed by atoms with Gasteiger partial charge in [0, 0.05) is 6.42 Å². The van der Waals surface area contributed by atoms with E-state index < -0.39 is 4.92 Å². The number of hydrogen-bond acceptors (Lipinski definition) is 5. The summed E-state index contributed by atoms with van der Waals surface area (Å²) in [4.78, 5) is 9.94. The van der Waals surface area contributed by atoms with Crippen molar-refractivity contribution in [2.75, 3.05) is 6.54 Å². The fourth-order valence-corrected chi connectivity index (χ4v) is 0.941. The summed E-state index contributed by atoms with van der Waals surface area (Å²) in [6, 6.07) is 0. The molecule has 1 rings (SSSR count). The lowest BCUT2D eigenvalue weighted by atomic mass is 10.2. The van der Waals surface area contributed by atoms with E-state index in [4.69, 9.17) is 10.3 Å². The third-order valence-electron chi connectivity index (χ3n) is 1.45. The predicted molar refractivity (Wildman–Crippen MR) is 40.7 cm³/mol. The Bertz CT molecular complexity index is 294. The van der Waals surface area contributed by atoms with Crippen molar-refractivity contribution in [1.82, 2.24) is 5.16 Å². The van der Waals surface area contributed by atoms with E-state index in [1.54, 1.807) is 0 Å². The molecule has 0 aromatic carbocycles. The molecule has 0 unspecified atom stereocenters. The van der Waals surface area contributed by atoms with Gasteiger partial charge in [-0.15, -0.1) is 0 Å². The van der Waals surface area contributed by atoms with E-state index in [1.807, 2.05) is 0 Å². The Hall–Kier alpha value is -1.43. The first-order valence-electron chi connectivity index (χ1n) is 3.46. The van der Waals surface area contributed by atoms with Gasteiger partial charge in [0.15, 0.2) is 5.69 Å². The average Bonchev–Trinajstić information content (AvgIpc) is 2.32. The van der Waals surface area contributed by atoms with Crippen LogP contribution in [0.15, 0.2) is 4.52 Å². The van der Waals surface area contributed by atoms with Crippen LogP contribution in [0.3, 0.4) is 0 Å². The molecule has 0 spiro atoms. The van der Waals surface area contributed by atoms with Crippen LogP contribution in [-0.4, -0.2) is 16.6 Å². The van der Waals surface area contributed by atoms with Crippen molar-refractivity contribution in [2.45, 2.75) is 13.3 Å². The summed E-state index contributed by atoms with van der Waals surface area (Å²) >= 11 is 0. The van der Waals surface area contributed by atoms with Gasteiger partial charge in [0.1, 0.15) is 0 Å². The molecule has 0 saturated carbocycles. The first-order chi connectivity index (χ1) is 5.66. The van der Waals surface area contributed by atoms with Crippen molar-refractivity contribution >= 4 is 5.69 Å². The van der Waals surface area contributed by atoms with Crippen molar-refractivity contribution in [3.8, 4) is 0 Å². The molecule has 0 aliphatic heterocycles. The van der Waals surface area contributed by atoms with Crippen molar-refractivity contribution in [3.63, 3.8) is 0 Å². The molecular formula is C6H9N3O3. The Labute approximate surface area is 68.5 Å². The molecule has 0 radical (unpaired) electrons. The summed E-state index contributed by atoms with van der Waals surface area (Å²) in [5.74, 6) is 0.250. The number of nitrogens with two attached hydrogens (primary N) is 1. The van der Waals surface area contributed by atoms with Gasteiger partial charge in [-0.05, 0) is 13.5 Å². The number of hydrogen-bond donors (Lipinski definition) is 1. The number of nitrogens with zero attached hydrogens (tertiary/aromatic N) is 2. The first kappa shape index (κ1) is 8.66. The fraction of sp³-hybridized carbons (Fsp3) is 0.500. The van der Waals surface area contributed by atoms with Crippen LogP contribution >= 0.6 is 0 Å². The minimum atomic E-state index is -0.503. The molecule has 0 amide bonds. The zero-order valence-electron chi connectivity index (χ0n) is 6.61. The molecular weight excluding hydrogens is 162 g/mol. The van der Waals surface area contributed by atoms with E-state index in [1.165, 1.54) is 6.92 Å². The van der Waals surface area contributed by atoms with Crippen LogP contribution in [-0.2, 0) is 6.42 Å². The third-order valence-corrected chi connectivity index (χ3v) is 1.45. The summed E-state index contributed by atoms with van der Waals surface area (Å²) in [6.45, 7) is 1.84. The van der Waals surface area contributed by atoms with Crippen molar-refractivity contribution in [2.24, 2.45) is 5.73 Å². The first-order valence-corrected chi connectivity index (χ1v) is 3.46. The Morgan fingerprint density at radius 2 is 2.42 bits per heavy atom. The van der Waals surface area contributed by atoms with E-state index in [2.05, 4.69) is 5.16 Å². The molecule has 0 aliphatic carbocycles. The average molecular weight is 171 g/mol. The highest BCUT2D eigenvalue weighted by molar-refractivity contribution is 5.37. The second kappa shape index (κ2) is 3.31. The van der Waals surface area contributed by atoms with Crippen molar-refractivity contribution in [3.05, 3.63) is 21.6 Å². The smallest absolute Gasteiger partial charge is 0.334 e. The van der Waals surface area contributed by atoms with Gasteiger partial charge in [-0.2, -0.15) is 0 Å². The molecule has 6 nitrogen and oxygen atoms in total. The lowest BCUT2D eigenvalue weighted by molar-refractivity contribution is -0.386. The maximum absolute atomic E-state index is 10.4. The molecule has 0 atom stereocenters. The van der Waals surface area contributed by atoms with E-state index in [-0.39, 0.29) is 11.4 Å². The van der Waals surface area contributed by atoms with Crippen LogP contribution in [0.2, 0.25) is 0 Å². The molecule has 0 aliphatic rings. The lowest BCUT2D eigenvalue weighted by Crippen LogP contribution is -2.03. The normalized spacial score (nSPS) is 10.2. The Morgan fingerprint density at radius 1 is 1.75 bits per heavy atom. The second-order valence-corrected chi connectivity index (χ2v) is 2.34. The maximum Gasteiger partial charge on any atom is 0.334 e. The lowest BCUT2D eigenvalue weighted by Gasteiger charge is -1.90. The van der Waals surface area contributed by atoms with Gasteiger partial charge in [-0.1, -0.05) is 5.16 Å². The van der Waals surface area contributed by atoms with Gasteiger partial charge >= 0.3 is 5.69 Å². The highest BCUT2D eigenvalue weighted by Crippen LogP contribution is 2.22. The number of rotatable bonds is 3. The fourth-order valence-electron chi connectivity index (χ4n) is 0.941. The van der Waals surface area contributed by atoms with Gasteiger partial charge in [0.05, 0.1) is 4.92 Å². The summed E-state index contributed by atoms with van der Waals surface area (Å²) in [6.07, 6.45) is 0.344. The Kier molecular flexibility index (Phi) is 2.39. The molecule has 1 aromatic rings. The summed E-state index contributed by atoms with van der Waals surface area (Å²) in [5.41, 5.74) is 5.47. The van der Waals surface area contributed by atoms with Crippen LogP contribution in [0, 0.1) is 17.0 Å². The van der Waals surface area contributed by atoms with Crippen LogP contribution in [0.4, 0.5) is 5.69 Å². The van der Waals surface area contributed by atoms with Crippen LogP contribution in [0.5, 0.6) is 0 Å². The number of aryl methyl sites for hydroxylation is 1. The molecule has 1 aromatic heterocycles. The third kappa shape index (κ3) is 1.42. The van der Waals surface area contributed by atoms with Gasteiger partial charge in [-0.3, -0.25) is 10.1 Å². The molecule has 0 fully saturated rings. The largest absolute Gasteiger partial charge is 0.354 e. The molecule has 0 bridgehead atoms. The SMILES string of the molecule is Cc1noc(CCN)c1[N+](=O)[O-]. The molecule has 2 N–H and O–H groups in total. The molecule has 0 saturated heterocycles. The van der Waals surface area contributed by atoms with Crippen molar-refractivity contribution < 1.29 is 9.45 Å². The summed E-state index contributed by atoms with van der Waals surface area (Å²) in [7, 11) is 0. The zero-order chi connectivity index (χ0) is 9.14. The Balaban J connectivity index is 3.04. The van der Waals surface area contributed by atoms with E-state index in [0.29, 0.717) is 18.7 Å². The van der Waals surface area contributed by atoms with E-state index in [9.17, 15) is 10.1 Å². The minimum Gasteiger partial charge on any atom is -0.354 e. The van der Waals surface area contributed by atoms with Crippen LogP contribution in [0.1, 0.15) is 11.5 Å². The predicted octanol–water partition coefficient (Wildman–Crippen LogP) is 0.392. The monoisotopic (exact) mass is 171 g/mol.